The van der Waals surface area contributed by atoms with Crippen LogP contribution in [0.3, 0.4) is 0 Å². The molecular weight excluding hydrogens is 390 g/mol. The molecule has 2 aliphatic rings. The molecule has 1 amide bonds. The molecule has 29 heavy (non-hydrogen) atoms. The van der Waals surface area contributed by atoms with Crippen LogP contribution in [0, 0.1) is 0 Å². The van der Waals surface area contributed by atoms with Crippen molar-refractivity contribution in [1.29, 1.82) is 0 Å². The number of nitrogens with zero attached hydrogens (tertiary/aromatic N) is 3. The highest BCUT2D eigenvalue weighted by atomic mass is 32.2. The number of rotatable bonds is 7. The quantitative estimate of drug-likeness (QED) is 0.664. The van der Waals surface area contributed by atoms with Gasteiger partial charge in [0.25, 0.3) is 5.91 Å². The van der Waals surface area contributed by atoms with E-state index in [1.807, 2.05) is 18.2 Å². The minimum Gasteiger partial charge on any atom is -0.454 e. The highest BCUT2D eigenvalue weighted by molar-refractivity contribution is 7.99. The van der Waals surface area contributed by atoms with Gasteiger partial charge in [-0.15, -0.1) is 10.2 Å². The van der Waals surface area contributed by atoms with Gasteiger partial charge < -0.3 is 24.3 Å². The summed E-state index contributed by atoms with van der Waals surface area (Å²) in [5.41, 5.74) is 0.735. The number of carbonyl (C=O) groups excluding carboxylic acids is 1. The van der Waals surface area contributed by atoms with Gasteiger partial charge in [-0.25, -0.2) is 0 Å². The Morgan fingerprint density at radius 3 is 3.00 bits per heavy atom. The Balaban J connectivity index is 1.37. The normalized spacial score (nSPS) is 20.6. The van der Waals surface area contributed by atoms with Gasteiger partial charge in [-0.1, -0.05) is 18.7 Å². The molecule has 0 saturated carbocycles. The number of quaternary nitrogens is 1. The van der Waals surface area contributed by atoms with E-state index in [0.717, 1.165) is 54.9 Å². The highest BCUT2D eigenvalue weighted by Crippen LogP contribution is 2.34. The molecule has 1 fully saturated rings. The van der Waals surface area contributed by atoms with E-state index in [1.165, 1.54) is 4.90 Å². The molecule has 4 rings (SSSR count). The van der Waals surface area contributed by atoms with Gasteiger partial charge in [0, 0.05) is 18.3 Å². The lowest BCUT2D eigenvalue weighted by molar-refractivity contribution is -0.898. The van der Waals surface area contributed by atoms with E-state index in [1.54, 1.807) is 11.8 Å². The van der Waals surface area contributed by atoms with Crippen LogP contribution in [0.5, 0.6) is 11.5 Å². The molecular formula is C20H28N5O3S+. The van der Waals surface area contributed by atoms with Crippen LogP contribution in [-0.4, -0.2) is 52.9 Å². The summed E-state index contributed by atoms with van der Waals surface area (Å²) < 4.78 is 12.9. The van der Waals surface area contributed by atoms with Gasteiger partial charge in [-0.3, -0.25) is 4.79 Å². The standard InChI is InChI=1S/C20H27N5O3S/c1-3-25-19(22-23-20(25)29-4-2)14-6-5-9-24(11-14)12-18(26)21-15-7-8-16-17(10-15)28-13-27-16/h7-8,10,14H,3-6,9,11-13H2,1-2H3,(H,21,26)/p+1/t14-/m1/s1. The molecule has 1 saturated heterocycles. The molecule has 2 atom stereocenters. The van der Waals surface area contributed by atoms with Crippen molar-refractivity contribution < 1.29 is 19.2 Å². The number of nitrogens with one attached hydrogen (secondary N) is 2. The summed E-state index contributed by atoms with van der Waals surface area (Å²) in [6, 6.07) is 5.48. The Labute approximate surface area is 175 Å². The van der Waals surface area contributed by atoms with Crippen LogP contribution in [0.25, 0.3) is 0 Å². The smallest absolute Gasteiger partial charge is 0.279 e. The van der Waals surface area contributed by atoms with E-state index in [-0.39, 0.29) is 12.7 Å². The first-order valence-corrected chi connectivity index (χ1v) is 11.3. The Morgan fingerprint density at radius 2 is 2.17 bits per heavy atom. The number of thioether (sulfide) groups is 1. The molecule has 2 N–H and O–H groups in total. The van der Waals surface area contributed by atoms with E-state index in [2.05, 4.69) is 33.9 Å². The summed E-state index contributed by atoms with van der Waals surface area (Å²) in [7, 11) is 0. The zero-order valence-corrected chi connectivity index (χ0v) is 17.8. The van der Waals surface area contributed by atoms with Crippen LogP contribution in [0.1, 0.15) is 38.4 Å². The topological polar surface area (TPSA) is 82.7 Å². The number of anilines is 1. The maximum atomic E-state index is 12.6. The summed E-state index contributed by atoms with van der Waals surface area (Å²) in [5, 5.41) is 12.9. The third-order valence-corrected chi connectivity index (χ3v) is 6.23. The lowest BCUT2D eigenvalue weighted by atomic mass is 9.97. The maximum absolute atomic E-state index is 12.6. The van der Waals surface area contributed by atoms with Gasteiger partial charge >= 0.3 is 0 Å². The molecule has 3 heterocycles. The first-order chi connectivity index (χ1) is 14.2. The number of likely N-dealkylation sites (tertiary alicyclic amines) is 1. The number of ether oxygens (including phenoxy) is 2. The molecule has 2 aliphatic heterocycles. The number of amides is 1. The van der Waals surface area contributed by atoms with Crippen molar-refractivity contribution in [1.82, 2.24) is 14.8 Å². The number of benzene rings is 1. The monoisotopic (exact) mass is 418 g/mol. The third kappa shape index (κ3) is 4.51. The van der Waals surface area contributed by atoms with Crippen LogP contribution in [0.15, 0.2) is 23.4 Å². The number of carbonyl (C=O) groups is 1. The maximum Gasteiger partial charge on any atom is 0.279 e. The van der Waals surface area contributed by atoms with Crippen molar-refractivity contribution in [3.63, 3.8) is 0 Å². The molecule has 9 heteroatoms. The van der Waals surface area contributed by atoms with Crippen molar-refractivity contribution in [2.45, 2.75) is 44.3 Å². The fourth-order valence-corrected chi connectivity index (χ4v) is 4.81. The fraction of sp³-hybridized carbons (Fsp3) is 0.550. The number of fused-ring (bicyclic) bond motifs is 1. The van der Waals surface area contributed by atoms with Crippen molar-refractivity contribution in [3.8, 4) is 11.5 Å². The van der Waals surface area contributed by atoms with Gasteiger partial charge in [-0.05, 0) is 37.7 Å². The van der Waals surface area contributed by atoms with Gasteiger partial charge in [0.15, 0.2) is 23.2 Å². The summed E-state index contributed by atoms with van der Waals surface area (Å²) in [6.07, 6.45) is 2.19. The molecule has 0 radical (unpaired) electrons. The largest absolute Gasteiger partial charge is 0.454 e. The van der Waals surface area contributed by atoms with Crippen molar-refractivity contribution >= 4 is 23.4 Å². The average molecular weight is 419 g/mol. The molecule has 2 aromatic rings. The second kappa shape index (κ2) is 9.04. The second-order valence-corrected chi connectivity index (χ2v) is 8.59. The van der Waals surface area contributed by atoms with Crippen LogP contribution < -0.4 is 19.7 Å². The Bertz CT molecular complexity index is 872. The lowest BCUT2D eigenvalue weighted by Gasteiger charge is -2.29. The van der Waals surface area contributed by atoms with Crippen LogP contribution in [0.4, 0.5) is 5.69 Å². The lowest BCUT2D eigenvalue weighted by Crippen LogP contribution is -3.14. The molecule has 0 bridgehead atoms. The van der Waals surface area contributed by atoms with Crippen LogP contribution in [0.2, 0.25) is 0 Å². The highest BCUT2D eigenvalue weighted by Gasteiger charge is 2.30. The van der Waals surface area contributed by atoms with Crippen LogP contribution in [-0.2, 0) is 11.3 Å². The Morgan fingerprint density at radius 1 is 1.31 bits per heavy atom. The number of hydrogen-bond donors (Lipinski definition) is 2. The summed E-state index contributed by atoms with van der Waals surface area (Å²) >= 11 is 1.73. The number of hydrogen-bond acceptors (Lipinski definition) is 6. The average Bonchev–Trinajstić information content (AvgIpc) is 3.34. The van der Waals surface area contributed by atoms with Crippen molar-refractivity contribution in [2.75, 3.05) is 37.5 Å². The summed E-state index contributed by atoms with van der Waals surface area (Å²) in [6.45, 7) is 7.73. The minimum atomic E-state index is 0.0127. The van der Waals surface area contributed by atoms with E-state index in [9.17, 15) is 4.79 Å². The Hall–Kier alpha value is -2.26. The van der Waals surface area contributed by atoms with Gasteiger partial charge in [0.1, 0.15) is 5.82 Å². The van der Waals surface area contributed by atoms with Gasteiger partial charge in [-0.2, -0.15) is 0 Å². The van der Waals surface area contributed by atoms with Crippen LogP contribution >= 0.6 is 11.8 Å². The van der Waals surface area contributed by atoms with Gasteiger partial charge in [0.05, 0.1) is 19.0 Å². The first kappa shape index (κ1) is 20.0. The van der Waals surface area contributed by atoms with E-state index >= 15 is 0 Å². The first-order valence-electron chi connectivity index (χ1n) is 10.3. The number of piperidine rings is 1. The molecule has 156 valence electrons. The molecule has 1 aromatic heterocycles. The summed E-state index contributed by atoms with van der Waals surface area (Å²) in [5.74, 6) is 3.80. The Kier molecular flexibility index (Phi) is 6.25. The molecule has 8 nitrogen and oxygen atoms in total. The fourth-order valence-electron chi connectivity index (χ4n) is 4.07. The second-order valence-electron chi connectivity index (χ2n) is 7.35. The zero-order valence-electron chi connectivity index (χ0n) is 16.9. The third-order valence-electron chi connectivity index (χ3n) is 5.39. The van der Waals surface area contributed by atoms with Crippen molar-refractivity contribution in [3.05, 3.63) is 24.0 Å². The summed E-state index contributed by atoms with van der Waals surface area (Å²) in [4.78, 5) is 13.9. The zero-order chi connectivity index (χ0) is 20.2. The molecule has 1 aromatic carbocycles. The van der Waals surface area contributed by atoms with E-state index in [4.69, 9.17) is 9.47 Å². The molecule has 1 unspecified atom stereocenters. The van der Waals surface area contributed by atoms with E-state index in [0.29, 0.717) is 24.0 Å². The predicted molar refractivity (Wildman–Crippen MR) is 111 cm³/mol. The predicted octanol–water partition coefficient (Wildman–Crippen LogP) is 1.54. The van der Waals surface area contributed by atoms with Crippen molar-refractivity contribution in [2.24, 2.45) is 0 Å². The SMILES string of the molecule is CCSc1nnc([C@@H]2CCC[NH+](CC(=O)Nc3ccc4c(c3)OCO4)C2)n1CC. The minimum absolute atomic E-state index is 0.0127. The molecule has 0 spiro atoms. The molecule has 0 aliphatic carbocycles. The van der Waals surface area contributed by atoms with E-state index < -0.39 is 0 Å². The van der Waals surface area contributed by atoms with Gasteiger partial charge in [0.2, 0.25) is 6.79 Å². The number of aromatic nitrogens is 3.